The average Bonchev–Trinajstić information content (AvgIpc) is 3.12. The average molecular weight is 402 g/mol. The molecule has 108 valence electrons. The van der Waals surface area contributed by atoms with Crippen molar-refractivity contribution in [3.63, 3.8) is 0 Å². The fourth-order valence-corrected chi connectivity index (χ4v) is 3.97. The summed E-state index contributed by atoms with van der Waals surface area (Å²) in [5.41, 5.74) is 0.762. The number of nitrogens with zero attached hydrogens (tertiary/aromatic N) is 1. The lowest BCUT2D eigenvalue weighted by molar-refractivity contribution is 0.0727. The second-order valence-corrected chi connectivity index (χ2v) is 7.38. The summed E-state index contributed by atoms with van der Waals surface area (Å²) in [5.74, 6) is 0.153. The van der Waals surface area contributed by atoms with E-state index in [1.807, 2.05) is 18.2 Å². The third-order valence-corrected chi connectivity index (χ3v) is 5.14. The van der Waals surface area contributed by atoms with Crippen LogP contribution in [0.1, 0.15) is 36.0 Å². The first-order valence-electron chi connectivity index (χ1n) is 7.14. The Labute approximate surface area is 136 Å². The van der Waals surface area contributed by atoms with Gasteiger partial charge in [-0.15, -0.1) is 0 Å². The number of amides is 1. The zero-order chi connectivity index (χ0) is 14.1. The van der Waals surface area contributed by atoms with E-state index in [2.05, 4.69) is 42.1 Å². The van der Waals surface area contributed by atoms with Gasteiger partial charge in [0, 0.05) is 27.6 Å². The van der Waals surface area contributed by atoms with Gasteiger partial charge in [-0.05, 0) is 66.4 Å². The highest BCUT2D eigenvalue weighted by Gasteiger charge is 2.35. The third kappa shape index (κ3) is 3.26. The quantitative estimate of drug-likeness (QED) is 0.836. The van der Waals surface area contributed by atoms with E-state index < -0.39 is 0 Å². The minimum Gasteiger partial charge on any atom is -0.334 e. The Hall–Kier alpha value is -0.390. The van der Waals surface area contributed by atoms with Crippen molar-refractivity contribution in [2.45, 2.75) is 37.8 Å². The van der Waals surface area contributed by atoms with Crippen LogP contribution in [0.4, 0.5) is 0 Å². The van der Waals surface area contributed by atoms with Crippen LogP contribution in [0.3, 0.4) is 0 Å². The van der Waals surface area contributed by atoms with Crippen molar-refractivity contribution in [2.24, 2.45) is 0 Å². The van der Waals surface area contributed by atoms with Gasteiger partial charge in [0.25, 0.3) is 5.91 Å². The van der Waals surface area contributed by atoms with Gasteiger partial charge in [-0.2, -0.15) is 0 Å². The summed E-state index contributed by atoms with van der Waals surface area (Å²) in [4.78, 5) is 14.9. The van der Waals surface area contributed by atoms with Gasteiger partial charge in [-0.25, -0.2) is 0 Å². The maximum Gasteiger partial charge on any atom is 0.255 e. The van der Waals surface area contributed by atoms with Gasteiger partial charge >= 0.3 is 0 Å². The molecule has 1 atom stereocenters. The number of halogens is 2. The molecule has 1 saturated carbocycles. The Balaban J connectivity index is 1.77. The van der Waals surface area contributed by atoms with Gasteiger partial charge in [-0.1, -0.05) is 15.9 Å². The first kappa shape index (κ1) is 14.5. The van der Waals surface area contributed by atoms with Crippen LogP contribution in [0.15, 0.2) is 27.1 Å². The lowest BCUT2D eigenvalue weighted by atomic mass is 10.1. The topological polar surface area (TPSA) is 32.3 Å². The fourth-order valence-electron chi connectivity index (χ4n) is 2.75. The Morgan fingerprint density at radius 2 is 2.10 bits per heavy atom. The molecular weight excluding hydrogens is 384 g/mol. The van der Waals surface area contributed by atoms with Crippen LogP contribution in [0.25, 0.3) is 0 Å². The Kier molecular flexibility index (Phi) is 4.48. The van der Waals surface area contributed by atoms with Crippen LogP contribution in [0, 0.1) is 0 Å². The molecule has 1 aromatic rings. The molecule has 1 aliphatic heterocycles. The second-order valence-electron chi connectivity index (χ2n) is 5.61. The largest absolute Gasteiger partial charge is 0.334 e. The van der Waals surface area contributed by atoms with Gasteiger partial charge in [-0.3, -0.25) is 4.79 Å². The van der Waals surface area contributed by atoms with Gasteiger partial charge in [0.1, 0.15) is 0 Å². The molecule has 0 radical (unpaired) electrons. The van der Waals surface area contributed by atoms with E-state index in [9.17, 15) is 4.79 Å². The van der Waals surface area contributed by atoms with Crippen molar-refractivity contribution >= 4 is 37.8 Å². The molecule has 1 N–H and O–H groups in total. The number of carbonyl (C=O) groups is 1. The molecule has 5 heteroatoms. The molecule has 2 aliphatic rings. The highest BCUT2D eigenvalue weighted by molar-refractivity contribution is 9.11. The normalized spacial score (nSPS) is 22.0. The molecule has 1 saturated heterocycles. The van der Waals surface area contributed by atoms with E-state index in [-0.39, 0.29) is 5.91 Å². The molecule has 1 aliphatic carbocycles. The van der Waals surface area contributed by atoms with Crippen LogP contribution in [0.5, 0.6) is 0 Å². The first-order valence-corrected chi connectivity index (χ1v) is 8.73. The van der Waals surface area contributed by atoms with Crippen molar-refractivity contribution in [3.05, 3.63) is 32.7 Å². The van der Waals surface area contributed by atoms with Crippen molar-refractivity contribution in [2.75, 3.05) is 13.1 Å². The third-order valence-electron chi connectivity index (χ3n) is 3.99. The highest BCUT2D eigenvalue weighted by Crippen LogP contribution is 2.31. The lowest BCUT2D eigenvalue weighted by Gasteiger charge is -2.26. The Morgan fingerprint density at radius 1 is 1.30 bits per heavy atom. The Morgan fingerprint density at radius 3 is 2.70 bits per heavy atom. The van der Waals surface area contributed by atoms with Crippen LogP contribution < -0.4 is 5.32 Å². The molecule has 3 nitrogen and oxygen atoms in total. The first-order chi connectivity index (χ1) is 9.65. The summed E-state index contributed by atoms with van der Waals surface area (Å²) in [7, 11) is 0. The predicted molar refractivity (Wildman–Crippen MR) is 86.9 cm³/mol. The van der Waals surface area contributed by atoms with E-state index in [1.165, 1.54) is 12.8 Å². The zero-order valence-electron chi connectivity index (χ0n) is 11.2. The standard InChI is InChI=1S/C15H18Br2N2O/c16-10-3-6-13(14(17)8-10)15(20)19(12-4-5-12)9-11-2-1-7-18-11/h3,6,8,11-12,18H,1-2,4-5,7,9H2. The van der Waals surface area contributed by atoms with E-state index in [1.54, 1.807) is 0 Å². The minimum absolute atomic E-state index is 0.153. The van der Waals surface area contributed by atoms with E-state index in [0.717, 1.165) is 40.4 Å². The van der Waals surface area contributed by atoms with Crippen LogP contribution in [0.2, 0.25) is 0 Å². The van der Waals surface area contributed by atoms with E-state index in [4.69, 9.17) is 0 Å². The number of hydrogen-bond acceptors (Lipinski definition) is 2. The summed E-state index contributed by atoms with van der Waals surface area (Å²) in [6, 6.07) is 6.67. The van der Waals surface area contributed by atoms with Crippen LogP contribution in [-0.4, -0.2) is 36.0 Å². The monoisotopic (exact) mass is 400 g/mol. The van der Waals surface area contributed by atoms with Crippen molar-refractivity contribution in [1.29, 1.82) is 0 Å². The minimum atomic E-state index is 0.153. The number of nitrogens with one attached hydrogen (secondary N) is 1. The molecule has 0 aromatic heterocycles. The van der Waals surface area contributed by atoms with Crippen LogP contribution in [-0.2, 0) is 0 Å². The Bertz CT molecular complexity index is 511. The van der Waals surface area contributed by atoms with Crippen molar-refractivity contribution in [3.8, 4) is 0 Å². The van der Waals surface area contributed by atoms with Gasteiger partial charge < -0.3 is 10.2 Å². The van der Waals surface area contributed by atoms with Crippen LogP contribution >= 0.6 is 31.9 Å². The summed E-state index contributed by atoms with van der Waals surface area (Å²) < 4.78 is 1.85. The lowest BCUT2D eigenvalue weighted by Crippen LogP contribution is -2.42. The number of carbonyl (C=O) groups excluding carboxylic acids is 1. The molecule has 3 rings (SSSR count). The maximum absolute atomic E-state index is 12.8. The highest BCUT2D eigenvalue weighted by atomic mass is 79.9. The zero-order valence-corrected chi connectivity index (χ0v) is 14.4. The maximum atomic E-state index is 12.8. The molecule has 1 amide bonds. The fraction of sp³-hybridized carbons (Fsp3) is 0.533. The number of rotatable bonds is 4. The predicted octanol–water partition coefficient (Wildman–Crippen LogP) is 3.57. The molecule has 1 unspecified atom stereocenters. The summed E-state index contributed by atoms with van der Waals surface area (Å²) in [6.07, 6.45) is 4.69. The molecule has 0 bridgehead atoms. The van der Waals surface area contributed by atoms with Gasteiger partial charge in [0.2, 0.25) is 0 Å². The molecule has 0 spiro atoms. The number of benzene rings is 1. The molecule has 20 heavy (non-hydrogen) atoms. The van der Waals surface area contributed by atoms with E-state index in [0.29, 0.717) is 12.1 Å². The van der Waals surface area contributed by atoms with Crippen molar-refractivity contribution in [1.82, 2.24) is 10.2 Å². The molecule has 2 fully saturated rings. The SMILES string of the molecule is O=C(c1ccc(Br)cc1Br)N(CC1CCCN1)C1CC1. The summed E-state index contributed by atoms with van der Waals surface area (Å²) in [5, 5.41) is 3.49. The van der Waals surface area contributed by atoms with Crippen molar-refractivity contribution < 1.29 is 4.79 Å². The molecule has 1 aromatic carbocycles. The smallest absolute Gasteiger partial charge is 0.255 e. The summed E-state index contributed by atoms with van der Waals surface area (Å²) >= 11 is 6.93. The molecule has 1 heterocycles. The van der Waals surface area contributed by atoms with Gasteiger partial charge in [0.05, 0.1) is 5.56 Å². The second kappa shape index (κ2) is 6.16. The summed E-state index contributed by atoms with van der Waals surface area (Å²) in [6.45, 7) is 1.92. The van der Waals surface area contributed by atoms with Gasteiger partial charge in [0.15, 0.2) is 0 Å². The molecular formula is C15H18Br2N2O. The number of hydrogen-bond donors (Lipinski definition) is 1. The van der Waals surface area contributed by atoms with E-state index >= 15 is 0 Å².